The largest absolute Gasteiger partial charge is 0.399 e. The van der Waals surface area contributed by atoms with Crippen LogP contribution in [0.2, 0.25) is 0 Å². The monoisotopic (exact) mass is 233 g/mol. The van der Waals surface area contributed by atoms with E-state index in [0.29, 0.717) is 18.5 Å². The highest BCUT2D eigenvalue weighted by Gasteiger charge is 2.29. The molecule has 0 bridgehead atoms. The molecule has 90 valence electrons. The van der Waals surface area contributed by atoms with Crippen molar-refractivity contribution < 1.29 is 9.59 Å². The quantitative estimate of drug-likeness (QED) is 0.576. The van der Waals surface area contributed by atoms with Gasteiger partial charge in [-0.25, -0.2) is 0 Å². The zero-order valence-corrected chi connectivity index (χ0v) is 9.64. The fourth-order valence-electron chi connectivity index (χ4n) is 1.94. The van der Waals surface area contributed by atoms with E-state index in [1.807, 2.05) is 24.1 Å². The third kappa shape index (κ3) is 2.38. The van der Waals surface area contributed by atoms with E-state index in [1.165, 1.54) is 0 Å². The third-order valence-corrected chi connectivity index (χ3v) is 2.98. The van der Waals surface area contributed by atoms with Gasteiger partial charge in [0.05, 0.1) is 0 Å². The zero-order valence-electron chi connectivity index (χ0n) is 9.64. The number of amides is 2. The van der Waals surface area contributed by atoms with Crippen molar-refractivity contribution in [2.24, 2.45) is 0 Å². The molecule has 1 unspecified atom stereocenters. The maximum atomic E-state index is 11.7. The van der Waals surface area contributed by atoms with Crippen molar-refractivity contribution in [3.05, 3.63) is 24.3 Å². The number of nitrogens with zero attached hydrogens (tertiary/aromatic N) is 1. The topological polar surface area (TPSA) is 75.4 Å². The number of anilines is 2. The van der Waals surface area contributed by atoms with Crippen molar-refractivity contribution in [2.45, 2.75) is 18.9 Å². The van der Waals surface area contributed by atoms with Crippen LogP contribution in [0.25, 0.3) is 0 Å². The van der Waals surface area contributed by atoms with E-state index in [0.717, 1.165) is 5.69 Å². The number of rotatable bonds is 2. The molecule has 2 amide bonds. The lowest BCUT2D eigenvalue weighted by atomic mass is 10.0. The standard InChI is InChI=1S/C12H15N3O2/c1-15(9-4-2-8(13)3-5-9)10-6-7-11(16)14-12(10)17/h2-5,10H,6-7,13H2,1H3,(H,14,16,17). The number of nitrogen functional groups attached to an aromatic ring is 1. The van der Waals surface area contributed by atoms with E-state index in [-0.39, 0.29) is 17.9 Å². The molecule has 5 nitrogen and oxygen atoms in total. The zero-order chi connectivity index (χ0) is 12.4. The lowest BCUT2D eigenvalue weighted by Gasteiger charge is -2.31. The number of carbonyl (C=O) groups is 2. The summed E-state index contributed by atoms with van der Waals surface area (Å²) in [4.78, 5) is 24.6. The Labute approximate surface area is 99.6 Å². The Hall–Kier alpha value is -2.04. The van der Waals surface area contributed by atoms with Crippen molar-refractivity contribution in [1.82, 2.24) is 5.32 Å². The molecule has 1 saturated heterocycles. The highest BCUT2D eigenvalue weighted by Crippen LogP contribution is 2.20. The number of hydrogen-bond donors (Lipinski definition) is 2. The van der Waals surface area contributed by atoms with Crippen LogP contribution in [-0.2, 0) is 9.59 Å². The Balaban J connectivity index is 2.14. The summed E-state index contributed by atoms with van der Waals surface area (Å²) in [5.74, 6) is -0.433. The van der Waals surface area contributed by atoms with Gasteiger partial charge >= 0.3 is 0 Å². The van der Waals surface area contributed by atoms with Gasteiger partial charge in [-0.3, -0.25) is 14.9 Å². The maximum Gasteiger partial charge on any atom is 0.249 e. The lowest BCUT2D eigenvalue weighted by Crippen LogP contribution is -2.51. The minimum absolute atomic E-state index is 0.197. The Kier molecular flexibility index (Phi) is 2.99. The van der Waals surface area contributed by atoms with Crippen LogP contribution in [0, 0.1) is 0 Å². The van der Waals surface area contributed by atoms with E-state index in [1.54, 1.807) is 12.1 Å². The van der Waals surface area contributed by atoms with Crippen LogP contribution >= 0.6 is 0 Å². The summed E-state index contributed by atoms with van der Waals surface area (Å²) in [6.07, 6.45) is 0.932. The molecule has 0 saturated carbocycles. The van der Waals surface area contributed by atoms with Crippen LogP contribution in [0.3, 0.4) is 0 Å². The first-order valence-corrected chi connectivity index (χ1v) is 5.50. The minimum atomic E-state index is -0.295. The lowest BCUT2D eigenvalue weighted by molar-refractivity contribution is -0.134. The Morgan fingerprint density at radius 3 is 2.53 bits per heavy atom. The first-order valence-electron chi connectivity index (χ1n) is 5.50. The number of carbonyl (C=O) groups excluding carboxylic acids is 2. The van der Waals surface area contributed by atoms with Gasteiger partial charge in [-0.1, -0.05) is 0 Å². The molecule has 2 rings (SSSR count). The van der Waals surface area contributed by atoms with Gasteiger partial charge in [-0.05, 0) is 30.7 Å². The fourth-order valence-corrected chi connectivity index (χ4v) is 1.94. The fraction of sp³-hybridized carbons (Fsp3) is 0.333. The van der Waals surface area contributed by atoms with Crippen LogP contribution in [0.5, 0.6) is 0 Å². The average molecular weight is 233 g/mol. The number of piperidine rings is 1. The summed E-state index contributed by atoms with van der Waals surface area (Å²) >= 11 is 0. The molecular weight excluding hydrogens is 218 g/mol. The first-order chi connectivity index (χ1) is 8.08. The van der Waals surface area contributed by atoms with Gasteiger partial charge in [0, 0.05) is 24.8 Å². The van der Waals surface area contributed by atoms with Crippen molar-refractivity contribution >= 4 is 23.2 Å². The molecular formula is C12H15N3O2. The average Bonchev–Trinajstić information content (AvgIpc) is 2.29. The number of imide groups is 1. The van der Waals surface area contributed by atoms with E-state index < -0.39 is 0 Å². The molecule has 3 N–H and O–H groups in total. The summed E-state index contributed by atoms with van der Waals surface area (Å²) in [6, 6.07) is 7.00. The second kappa shape index (κ2) is 4.45. The molecule has 1 atom stereocenters. The van der Waals surface area contributed by atoms with E-state index >= 15 is 0 Å². The van der Waals surface area contributed by atoms with Crippen LogP contribution in [0.4, 0.5) is 11.4 Å². The molecule has 1 aromatic carbocycles. The highest BCUT2D eigenvalue weighted by molar-refractivity contribution is 6.01. The summed E-state index contributed by atoms with van der Waals surface area (Å²) in [7, 11) is 1.84. The van der Waals surface area contributed by atoms with Gasteiger partial charge in [0.2, 0.25) is 11.8 Å². The Morgan fingerprint density at radius 2 is 1.94 bits per heavy atom. The van der Waals surface area contributed by atoms with Crippen LogP contribution in [0.1, 0.15) is 12.8 Å². The molecule has 17 heavy (non-hydrogen) atoms. The predicted octanol–water partition coefficient (Wildman–Crippen LogP) is 0.510. The van der Waals surface area contributed by atoms with Crippen LogP contribution < -0.4 is 16.0 Å². The molecule has 0 spiro atoms. The number of nitrogens with two attached hydrogens (primary N) is 1. The summed E-state index contributed by atoms with van der Waals surface area (Å²) < 4.78 is 0. The SMILES string of the molecule is CN(c1ccc(N)cc1)C1CCC(=O)NC1=O. The highest BCUT2D eigenvalue weighted by atomic mass is 16.2. The molecule has 1 aromatic rings. The van der Waals surface area contributed by atoms with Gasteiger partial charge in [0.1, 0.15) is 6.04 Å². The van der Waals surface area contributed by atoms with Gasteiger partial charge in [-0.2, -0.15) is 0 Å². The van der Waals surface area contributed by atoms with E-state index in [4.69, 9.17) is 5.73 Å². The van der Waals surface area contributed by atoms with Crippen LogP contribution in [-0.4, -0.2) is 24.9 Å². The molecule has 0 aromatic heterocycles. The summed E-state index contributed by atoms with van der Waals surface area (Å²) in [5.41, 5.74) is 7.20. The summed E-state index contributed by atoms with van der Waals surface area (Å²) in [6.45, 7) is 0. The molecule has 1 fully saturated rings. The predicted molar refractivity (Wildman–Crippen MR) is 65.4 cm³/mol. The molecule has 1 aliphatic heterocycles. The second-order valence-electron chi connectivity index (χ2n) is 4.17. The molecule has 0 aliphatic carbocycles. The van der Waals surface area contributed by atoms with Gasteiger partial charge in [-0.15, -0.1) is 0 Å². The Morgan fingerprint density at radius 1 is 1.29 bits per heavy atom. The smallest absolute Gasteiger partial charge is 0.249 e. The normalized spacial score (nSPS) is 19.9. The maximum absolute atomic E-state index is 11.7. The van der Waals surface area contributed by atoms with Crippen LogP contribution in [0.15, 0.2) is 24.3 Å². The van der Waals surface area contributed by atoms with Gasteiger partial charge in [0.25, 0.3) is 0 Å². The number of likely N-dealkylation sites (N-methyl/N-ethyl adjacent to an activating group) is 1. The number of benzene rings is 1. The van der Waals surface area contributed by atoms with Gasteiger partial charge < -0.3 is 10.6 Å². The van der Waals surface area contributed by atoms with Crippen molar-refractivity contribution in [1.29, 1.82) is 0 Å². The first kappa shape index (κ1) is 11.4. The second-order valence-corrected chi connectivity index (χ2v) is 4.17. The van der Waals surface area contributed by atoms with Crippen molar-refractivity contribution in [2.75, 3.05) is 17.7 Å². The van der Waals surface area contributed by atoms with Crippen molar-refractivity contribution in [3.63, 3.8) is 0 Å². The Bertz CT molecular complexity index is 442. The third-order valence-electron chi connectivity index (χ3n) is 2.98. The molecule has 1 heterocycles. The minimum Gasteiger partial charge on any atom is -0.399 e. The number of hydrogen-bond acceptors (Lipinski definition) is 4. The summed E-state index contributed by atoms with van der Waals surface area (Å²) in [5, 5.41) is 2.35. The molecule has 0 radical (unpaired) electrons. The van der Waals surface area contributed by atoms with Crippen molar-refractivity contribution in [3.8, 4) is 0 Å². The molecule has 1 aliphatic rings. The number of nitrogens with one attached hydrogen (secondary N) is 1. The van der Waals surface area contributed by atoms with Gasteiger partial charge in [0.15, 0.2) is 0 Å². The van der Waals surface area contributed by atoms with E-state index in [9.17, 15) is 9.59 Å². The van der Waals surface area contributed by atoms with E-state index in [2.05, 4.69) is 5.32 Å². The molecule has 5 heteroatoms.